The van der Waals surface area contributed by atoms with Crippen LogP contribution in [0.15, 0.2) is 40.5 Å². The summed E-state index contributed by atoms with van der Waals surface area (Å²) in [5.74, 6) is -2.57. The first kappa shape index (κ1) is 20.0. The molecule has 7 heteroatoms. The van der Waals surface area contributed by atoms with Gasteiger partial charge in [0.05, 0.1) is 25.3 Å². The lowest BCUT2D eigenvalue weighted by molar-refractivity contribution is -0.143. The minimum Gasteiger partial charge on any atom is -0.468 e. The Labute approximate surface area is 168 Å². The summed E-state index contributed by atoms with van der Waals surface area (Å²) < 4.78 is 9.96. The maximum absolute atomic E-state index is 12.6. The van der Waals surface area contributed by atoms with Gasteiger partial charge in [0, 0.05) is 22.7 Å². The van der Waals surface area contributed by atoms with Crippen molar-refractivity contribution in [3.63, 3.8) is 0 Å². The van der Waals surface area contributed by atoms with Crippen LogP contribution >= 0.6 is 11.6 Å². The van der Waals surface area contributed by atoms with E-state index in [9.17, 15) is 9.59 Å². The quantitative estimate of drug-likeness (QED) is 0.575. The Morgan fingerprint density at radius 2 is 1.79 bits per heavy atom. The van der Waals surface area contributed by atoms with E-state index in [1.54, 1.807) is 13.8 Å². The van der Waals surface area contributed by atoms with E-state index >= 15 is 0 Å². The fraction of sp³-hybridized carbons (Fsp3) is 0.333. The van der Waals surface area contributed by atoms with Gasteiger partial charge < -0.3 is 9.47 Å². The lowest BCUT2D eigenvalue weighted by Crippen LogP contribution is -2.36. The molecule has 2 atom stereocenters. The van der Waals surface area contributed by atoms with Gasteiger partial charge in [0.15, 0.2) is 0 Å². The summed E-state index contributed by atoms with van der Waals surface area (Å²) in [7, 11) is 2.60. The number of hydrogen-bond acceptors (Lipinski definition) is 6. The Bertz CT molecular complexity index is 1040. The van der Waals surface area contributed by atoms with Gasteiger partial charge in [-0.15, -0.1) is 0 Å². The molecule has 2 heterocycles. The number of rotatable bonds is 3. The molecule has 28 heavy (non-hydrogen) atoms. The second-order valence-electron chi connectivity index (χ2n) is 6.79. The smallest absolute Gasteiger partial charge is 0.336 e. The molecule has 1 aliphatic rings. The highest BCUT2D eigenvalue weighted by Crippen LogP contribution is 2.42. The molecule has 0 saturated carbocycles. The zero-order chi connectivity index (χ0) is 20.6. The summed E-state index contributed by atoms with van der Waals surface area (Å²) in [6.07, 6.45) is 0. The summed E-state index contributed by atoms with van der Waals surface area (Å²) >= 11 is 6.53. The van der Waals surface area contributed by atoms with E-state index in [0.29, 0.717) is 17.0 Å². The number of carbonyl (C=O) groups excluding carboxylic acids is 2. The van der Waals surface area contributed by atoms with Gasteiger partial charge in [0.25, 0.3) is 0 Å². The van der Waals surface area contributed by atoms with E-state index in [2.05, 4.69) is 9.98 Å². The molecule has 2 aromatic rings. The molecule has 0 aliphatic carbocycles. The number of ether oxygens (including phenoxy) is 2. The summed E-state index contributed by atoms with van der Waals surface area (Å²) in [5.41, 5.74) is 3.66. The van der Waals surface area contributed by atoms with Crippen molar-refractivity contribution in [1.29, 1.82) is 0 Å². The number of carbonyl (C=O) groups is 2. The first-order chi connectivity index (χ1) is 13.3. The first-order valence-corrected chi connectivity index (χ1v) is 9.15. The Hall–Kier alpha value is -2.73. The highest BCUT2D eigenvalue weighted by atomic mass is 35.5. The zero-order valence-electron chi connectivity index (χ0n) is 16.4. The number of benzene rings is 1. The monoisotopic (exact) mass is 400 g/mol. The van der Waals surface area contributed by atoms with Gasteiger partial charge in [0.2, 0.25) is 0 Å². The molecule has 0 radical (unpaired) electrons. The molecule has 1 aliphatic heterocycles. The van der Waals surface area contributed by atoms with Crippen LogP contribution in [-0.2, 0) is 19.1 Å². The minimum absolute atomic E-state index is 0.223. The van der Waals surface area contributed by atoms with Crippen molar-refractivity contribution in [2.24, 2.45) is 10.9 Å². The van der Waals surface area contributed by atoms with Crippen molar-refractivity contribution < 1.29 is 19.1 Å². The summed E-state index contributed by atoms with van der Waals surface area (Å²) in [6, 6.07) is 7.69. The number of hydrogen-bond donors (Lipinski definition) is 0. The lowest BCUT2D eigenvalue weighted by Gasteiger charge is -2.31. The van der Waals surface area contributed by atoms with Crippen LogP contribution in [0, 0.1) is 12.8 Å². The van der Waals surface area contributed by atoms with Crippen molar-refractivity contribution >= 4 is 40.2 Å². The molecule has 0 amide bonds. The molecule has 0 saturated heterocycles. The van der Waals surface area contributed by atoms with Crippen molar-refractivity contribution in [2.75, 3.05) is 14.2 Å². The van der Waals surface area contributed by atoms with Crippen molar-refractivity contribution in [2.45, 2.75) is 26.7 Å². The molecular weight excluding hydrogens is 380 g/mol. The number of halogens is 1. The van der Waals surface area contributed by atoms with E-state index < -0.39 is 23.8 Å². The number of aliphatic imine (C=N–C) groups is 1. The van der Waals surface area contributed by atoms with E-state index in [0.717, 1.165) is 16.5 Å². The average Bonchev–Trinajstić information content (AvgIpc) is 2.65. The van der Waals surface area contributed by atoms with Gasteiger partial charge >= 0.3 is 11.9 Å². The van der Waals surface area contributed by atoms with Gasteiger partial charge in [0.1, 0.15) is 11.1 Å². The SMILES string of the molecule is COC(=O)C1=C(C)N=C(C)C(C(=O)OC)[C@H]1c1cc2ccc(C)cc2nc1Cl. The summed E-state index contributed by atoms with van der Waals surface area (Å²) in [4.78, 5) is 34.1. The summed E-state index contributed by atoms with van der Waals surface area (Å²) in [6.45, 7) is 5.42. The number of pyridine rings is 1. The second-order valence-corrected chi connectivity index (χ2v) is 7.14. The van der Waals surface area contributed by atoms with Gasteiger partial charge in [-0.05, 0) is 44.0 Å². The molecule has 0 N–H and O–H groups in total. The molecular formula is C21H21ClN2O4. The number of esters is 2. The number of aryl methyl sites for hydroxylation is 1. The topological polar surface area (TPSA) is 77.8 Å². The zero-order valence-corrected chi connectivity index (χ0v) is 17.1. The van der Waals surface area contributed by atoms with Gasteiger partial charge in [-0.25, -0.2) is 9.78 Å². The number of nitrogens with zero attached hydrogens (tertiary/aromatic N) is 2. The standard InChI is InChI=1S/C21H21ClN2O4/c1-10-6-7-13-9-14(19(22)24-15(13)8-10)18-16(20(25)27-4)11(2)23-12(3)17(18)21(26)28-5/h6-9,16,18H,1-5H3/t16?,18-/m1/s1. The van der Waals surface area contributed by atoms with E-state index in [4.69, 9.17) is 21.1 Å². The predicted octanol–water partition coefficient (Wildman–Crippen LogP) is 3.99. The summed E-state index contributed by atoms with van der Waals surface area (Å²) in [5, 5.41) is 1.08. The van der Waals surface area contributed by atoms with E-state index in [-0.39, 0.29) is 10.7 Å². The predicted molar refractivity (Wildman–Crippen MR) is 108 cm³/mol. The number of allylic oxidation sites excluding steroid dienone is 1. The van der Waals surface area contributed by atoms with E-state index in [1.807, 2.05) is 31.2 Å². The molecule has 0 bridgehead atoms. The van der Waals surface area contributed by atoms with Gasteiger partial charge in [-0.1, -0.05) is 23.7 Å². The Morgan fingerprint density at radius 1 is 1.07 bits per heavy atom. The van der Waals surface area contributed by atoms with Crippen LogP contribution in [0.4, 0.5) is 0 Å². The van der Waals surface area contributed by atoms with Crippen LogP contribution in [0.1, 0.15) is 30.9 Å². The third-order valence-corrected chi connectivity index (χ3v) is 5.28. The Balaban J connectivity index is 2.29. The molecule has 1 aromatic heterocycles. The number of fused-ring (bicyclic) bond motifs is 1. The molecule has 1 unspecified atom stereocenters. The van der Waals surface area contributed by atoms with Crippen molar-refractivity contribution in [1.82, 2.24) is 4.98 Å². The van der Waals surface area contributed by atoms with Crippen LogP contribution in [0.2, 0.25) is 5.15 Å². The lowest BCUT2D eigenvalue weighted by atomic mass is 9.76. The normalized spacial score (nSPS) is 19.4. The fourth-order valence-corrected chi connectivity index (χ4v) is 3.93. The third kappa shape index (κ3) is 3.40. The van der Waals surface area contributed by atoms with Gasteiger partial charge in [-0.3, -0.25) is 9.79 Å². The Kier molecular flexibility index (Phi) is 5.52. The first-order valence-electron chi connectivity index (χ1n) is 8.77. The highest BCUT2D eigenvalue weighted by molar-refractivity contribution is 6.31. The highest BCUT2D eigenvalue weighted by Gasteiger charge is 2.43. The van der Waals surface area contributed by atoms with Gasteiger partial charge in [-0.2, -0.15) is 0 Å². The molecule has 1 aromatic carbocycles. The Morgan fingerprint density at radius 3 is 2.43 bits per heavy atom. The molecule has 3 rings (SSSR count). The number of methoxy groups -OCH3 is 2. The maximum Gasteiger partial charge on any atom is 0.336 e. The van der Waals surface area contributed by atoms with Crippen molar-refractivity contribution in [3.8, 4) is 0 Å². The van der Waals surface area contributed by atoms with Crippen LogP contribution in [-0.4, -0.2) is 36.9 Å². The molecule has 146 valence electrons. The molecule has 0 spiro atoms. The molecule has 6 nitrogen and oxygen atoms in total. The van der Waals surface area contributed by atoms with E-state index in [1.165, 1.54) is 14.2 Å². The minimum atomic E-state index is -0.801. The average molecular weight is 401 g/mol. The van der Waals surface area contributed by atoms with Crippen LogP contribution < -0.4 is 0 Å². The van der Waals surface area contributed by atoms with Crippen molar-refractivity contribution in [3.05, 3.63) is 51.8 Å². The number of aromatic nitrogens is 1. The van der Waals surface area contributed by atoms with Crippen LogP contribution in [0.5, 0.6) is 0 Å². The fourth-order valence-electron chi connectivity index (χ4n) is 3.67. The van der Waals surface area contributed by atoms with Crippen LogP contribution in [0.3, 0.4) is 0 Å². The molecule has 0 fully saturated rings. The largest absolute Gasteiger partial charge is 0.468 e. The maximum atomic E-state index is 12.6. The second kappa shape index (κ2) is 7.72. The third-order valence-electron chi connectivity index (χ3n) is 4.98. The van der Waals surface area contributed by atoms with Crippen LogP contribution in [0.25, 0.3) is 10.9 Å².